The van der Waals surface area contributed by atoms with E-state index in [2.05, 4.69) is 4.72 Å². The van der Waals surface area contributed by atoms with E-state index in [4.69, 9.17) is 16.7 Å². The number of aromatic carboxylic acids is 1. The minimum Gasteiger partial charge on any atom is -0.478 e. The third-order valence-electron chi connectivity index (χ3n) is 2.72. The molecule has 0 saturated carbocycles. The van der Waals surface area contributed by atoms with Crippen molar-refractivity contribution in [3.63, 3.8) is 0 Å². The van der Waals surface area contributed by atoms with Gasteiger partial charge < -0.3 is 10.2 Å². The van der Waals surface area contributed by atoms with Gasteiger partial charge in [0.15, 0.2) is 0 Å². The maximum absolute atomic E-state index is 12.1. The zero-order valence-corrected chi connectivity index (χ0v) is 13.3. The molecule has 118 valence electrons. The molecule has 1 aromatic rings. The molecule has 0 aliphatic carbocycles. The Bertz CT molecular complexity index is 615. The number of hydrogen-bond acceptors (Lipinski definition) is 4. The molecule has 21 heavy (non-hydrogen) atoms. The first-order valence-corrected chi connectivity index (χ1v) is 8.20. The molecule has 0 aromatic heterocycles. The number of carboxylic acids is 1. The Morgan fingerprint density at radius 2 is 2.00 bits per heavy atom. The molecule has 0 heterocycles. The summed E-state index contributed by atoms with van der Waals surface area (Å²) in [5.41, 5.74) is -0.178. The van der Waals surface area contributed by atoms with Crippen LogP contribution < -0.4 is 4.72 Å². The fourth-order valence-electron chi connectivity index (χ4n) is 1.75. The molecule has 6 nitrogen and oxygen atoms in total. The normalized spacial score (nSPS) is 13.4. The molecule has 0 fully saturated rings. The van der Waals surface area contributed by atoms with Crippen molar-refractivity contribution in [2.45, 2.75) is 31.3 Å². The number of rotatable bonds is 7. The van der Waals surface area contributed by atoms with E-state index in [1.165, 1.54) is 12.1 Å². The van der Waals surface area contributed by atoms with E-state index in [1.54, 1.807) is 0 Å². The van der Waals surface area contributed by atoms with Crippen LogP contribution >= 0.6 is 11.6 Å². The molecule has 0 bridgehead atoms. The maximum atomic E-state index is 12.1. The quantitative estimate of drug-likeness (QED) is 0.704. The highest BCUT2D eigenvalue weighted by Crippen LogP contribution is 2.22. The largest absolute Gasteiger partial charge is 0.478 e. The number of carbonyl (C=O) groups is 1. The number of benzene rings is 1. The van der Waals surface area contributed by atoms with E-state index < -0.39 is 22.1 Å². The van der Waals surface area contributed by atoms with Gasteiger partial charge in [0, 0.05) is 6.54 Å². The van der Waals surface area contributed by atoms with Gasteiger partial charge in [0.25, 0.3) is 0 Å². The van der Waals surface area contributed by atoms with Crippen LogP contribution in [0.25, 0.3) is 0 Å². The summed E-state index contributed by atoms with van der Waals surface area (Å²) in [6.07, 6.45) is -0.369. The fraction of sp³-hybridized carbons (Fsp3) is 0.462. The Kier molecular flexibility index (Phi) is 6.15. The van der Waals surface area contributed by atoms with E-state index in [-0.39, 0.29) is 27.9 Å². The minimum absolute atomic E-state index is 0.0779. The van der Waals surface area contributed by atoms with Crippen LogP contribution in [-0.4, -0.2) is 37.2 Å². The average molecular weight is 336 g/mol. The molecule has 1 unspecified atom stereocenters. The Labute approximate surface area is 128 Å². The van der Waals surface area contributed by atoms with Gasteiger partial charge in [-0.25, -0.2) is 17.9 Å². The molecule has 3 N–H and O–H groups in total. The van der Waals surface area contributed by atoms with Crippen LogP contribution in [0.2, 0.25) is 5.02 Å². The van der Waals surface area contributed by atoms with Crippen LogP contribution in [0.4, 0.5) is 0 Å². The number of hydrogen-bond donors (Lipinski definition) is 3. The smallest absolute Gasteiger partial charge is 0.335 e. The van der Waals surface area contributed by atoms with Crippen molar-refractivity contribution in [3.05, 3.63) is 28.8 Å². The monoisotopic (exact) mass is 335 g/mol. The summed E-state index contributed by atoms with van der Waals surface area (Å²) in [7, 11) is -3.98. The summed E-state index contributed by atoms with van der Waals surface area (Å²) in [4.78, 5) is 10.6. The number of aliphatic hydroxyl groups excluding tert-OH is 1. The summed E-state index contributed by atoms with van der Waals surface area (Å²) < 4.78 is 26.5. The lowest BCUT2D eigenvalue weighted by molar-refractivity contribution is 0.0696. The molecule has 0 saturated heterocycles. The number of halogens is 1. The predicted molar refractivity (Wildman–Crippen MR) is 79.1 cm³/mol. The lowest BCUT2D eigenvalue weighted by atomic mass is 10.1. The van der Waals surface area contributed by atoms with Gasteiger partial charge in [0.1, 0.15) is 4.90 Å². The van der Waals surface area contributed by atoms with Crippen molar-refractivity contribution in [1.29, 1.82) is 0 Å². The minimum atomic E-state index is -3.98. The molecule has 8 heteroatoms. The Hall–Kier alpha value is -1.15. The van der Waals surface area contributed by atoms with Crippen molar-refractivity contribution in [2.24, 2.45) is 5.92 Å². The topological polar surface area (TPSA) is 104 Å². The second-order valence-corrected chi connectivity index (χ2v) is 7.23. The van der Waals surface area contributed by atoms with E-state index in [1.807, 2.05) is 13.8 Å². The molecule has 1 aromatic carbocycles. The average Bonchev–Trinajstić information content (AvgIpc) is 2.35. The third-order valence-corrected chi connectivity index (χ3v) is 4.63. The van der Waals surface area contributed by atoms with Gasteiger partial charge in [-0.15, -0.1) is 0 Å². The predicted octanol–water partition coefficient (Wildman–Crippen LogP) is 1.72. The van der Waals surface area contributed by atoms with Crippen molar-refractivity contribution >= 4 is 27.6 Å². The Balaban J connectivity index is 2.92. The highest BCUT2D eigenvalue weighted by molar-refractivity contribution is 7.89. The van der Waals surface area contributed by atoms with Crippen LogP contribution in [-0.2, 0) is 10.0 Å². The summed E-state index contributed by atoms with van der Waals surface area (Å²) >= 11 is 5.81. The summed E-state index contributed by atoms with van der Waals surface area (Å²) in [5, 5.41) is 18.5. The zero-order chi connectivity index (χ0) is 16.2. The van der Waals surface area contributed by atoms with Gasteiger partial charge in [-0.3, -0.25) is 0 Å². The summed E-state index contributed by atoms with van der Waals surface area (Å²) in [6.45, 7) is 3.66. The lowest BCUT2D eigenvalue weighted by Gasteiger charge is -2.14. The third kappa shape index (κ3) is 5.28. The first-order valence-electron chi connectivity index (χ1n) is 6.34. The van der Waals surface area contributed by atoms with Crippen molar-refractivity contribution in [2.75, 3.05) is 6.54 Å². The van der Waals surface area contributed by atoms with Crippen LogP contribution in [0, 0.1) is 5.92 Å². The van der Waals surface area contributed by atoms with Gasteiger partial charge in [-0.2, -0.15) is 0 Å². The summed E-state index contributed by atoms with van der Waals surface area (Å²) in [5.74, 6) is -1.02. The van der Waals surface area contributed by atoms with Crippen LogP contribution in [0.1, 0.15) is 30.6 Å². The second kappa shape index (κ2) is 7.22. The van der Waals surface area contributed by atoms with Crippen molar-refractivity contribution < 1.29 is 23.4 Å². The molecule has 1 atom stereocenters. The first kappa shape index (κ1) is 17.9. The second-order valence-electron chi connectivity index (χ2n) is 5.09. The molecule has 1 rings (SSSR count). The van der Waals surface area contributed by atoms with Crippen LogP contribution in [0.15, 0.2) is 23.1 Å². The van der Waals surface area contributed by atoms with E-state index in [9.17, 15) is 18.3 Å². The van der Waals surface area contributed by atoms with Crippen LogP contribution in [0.5, 0.6) is 0 Å². The number of nitrogens with one attached hydrogen (secondary N) is 1. The van der Waals surface area contributed by atoms with Crippen molar-refractivity contribution in [1.82, 2.24) is 4.72 Å². The van der Waals surface area contributed by atoms with E-state index >= 15 is 0 Å². The molecule has 0 spiro atoms. The number of sulfonamides is 1. The SMILES string of the molecule is CC(C)CC(O)CNS(=O)(=O)c1cc(C(=O)O)ccc1Cl. The molecule has 0 radical (unpaired) electrons. The summed E-state index contributed by atoms with van der Waals surface area (Å²) in [6, 6.07) is 3.42. The Morgan fingerprint density at radius 3 is 2.52 bits per heavy atom. The molecule has 0 aliphatic heterocycles. The van der Waals surface area contributed by atoms with Gasteiger partial charge in [0.2, 0.25) is 10.0 Å². The first-order chi connectivity index (χ1) is 9.63. The van der Waals surface area contributed by atoms with Crippen molar-refractivity contribution in [3.8, 4) is 0 Å². The molecule has 0 amide bonds. The lowest BCUT2D eigenvalue weighted by Crippen LogP contribution is -2.33. The van der Waals surface area contributed by atoms with E-state index in [0.717, 1.165) is 6.07 Å². The van der Waals surface area contributed by atoms with Gasteiger partial charge in [0.05, 0.1) is 16.7 Å². The van der Waals surface area contributed by atoms with Gasteiger partial charge >= 0.3 is 5.97 Å². The highest BCUT2D eigenvalue weighted by Gasteiger charge is 2.21. The maximum Gasteiger partial charge on any atom is 0.335 e. The fourth-order valence-corrected chi connectivity index (χ4v) is 3.35. The molecular weight excluding hydrogens is 318 g/mol. The molecular formula is C13H18ClNO5S. The molecule has 0 aliphatic rings. The number of aliphatic hydroxyl groups is 1. The zero-order valence-electron chi connectivity index (χ0n) is 11.7. The highest BCUT2D eigenvalue weighted by atomic mass is 35.5. The van der Waals surface area contributed by atoms with E-state index in [0.29, 0.717) is 6.42 Å². The van der Waals surface area contributed by atoms with Gasteiger partial charge in [-0.05, 0) is 30.5 Å². The standard InChI is InChI=1S/C13H18ClNO5S/c1-8(2)5-10(16)7-15-21(19,20)12-6-9(13(17)18)3-4-11(12)14/h3-4,6,8,10,15-16H,5,7H2,1-2H3,(H,17,18). The Morgan fingerprint density at radius 1 is 1.38 bits per heavy atom. The van der Waals surface area contributed by atoms with Gasteiger partial charge in [-0.1, -0.05) is 25.4 Å². The number of carboxylic acid groups (broad SMARTS) is 1. The van der Waals surface area contributed by atoms with Crippen LogP contribution in [0.3, 0.4) is 0 Å².